The van der Waals surface area contributed by atoms with E-state index in [0.29, 0.717) is 6.54 Å². The number of nitrogens with zero attached hydrogens (tertiary/aromatic N) is 1. The molecular formula is C12H18N2O. The lowest BCUT2D eigenvalue weighted by molar-refractivity contribution is 0.154. The van der Waals surface area contributed by atoms with Crippen LogP contribution in [0.15, 0.2) is 24.3 Å². The predicted molar refractivity (Wildman–Crippen MR) is 61.8 cm³/mol. The molecule has 1 aromatic rings. The van der Waals surface area contributed by atoms with Crippen molar-refractivity contribution in [1.29, 1.82) is 0 Å². The molecule has 0 bridgehead atoms. The molecule has 82 valence electrons. The average Bonchev–Trinajstić information content (AvgIpc) is 2.29. The quantitative estimate of drug-likeness (QED) is 0.762. The van der Waals surface area contributed by atoms with Gasteiger partial charge >= 0.3 is 0 Å². The highest BCUT2D eigenvalue weighted by Crippen LogP contribution is 2.23. The maximum Gasteiger partial charge on any atom is 0.0715 e. The molecule has 0 aromatic heterocycles. The molecule has 0 aliphatic carbocycles. The first-order valence-electron chi connectivity index (χ1n) is 5.52. The van der Waals surface area contributed by atoms with Gasteiger partial charge in [-0.3, -0.25) is 0 Å². The number of aliphatic hydroxyl groups is 1. The van der Waals surface area contributed by atoms with Crippen LogP contribution in [-0.4, -0.2) is 24.3 Å². The fourth-order valence-electron chi connectivity index (χ4n) is 2.17. The van der Waals surface area contributed by atoms with Crippen molar-refractivity contribution in [2.75, 3.05) is 18.0 Å². The van der Waals surface area contributed by atoms with E-state index in [4.69, 9.17) is 5.73 Å². The largest absolute Gasteiger partial charge is 0.391 e. The van der Waals surface area contributed by atoms with E-state index in [1.165, 1.54) is 5.69 Å². The van der Waals surface area contributed by atoms with E-state index in [9.17, 15) is 5.11 Å². The number of piperidine rings is 1. The first-order chi connectivity index (χ1) is 7.31. The number of nitrogens with two attached hydrogens (primary N) is 1. The molecule has 0 spiro atoms. The number of hydrogen-bond donors (Lipinski definition) is 2. The fourth-order valence-corrected chi connectivity index (χ4v) is 2.17. The zero-order valence-electron chi connectivity index (χ0n) is 8.89. The van der Waals surface area contributed by atoms with Gasteiger partial charge in [0.15, 0.2) is 0 Å². The number of anilines is 1. The van der Waals surface area contributed by atoms with Crippen LogP contribution < -0.4 is 10.6 Å². The van der Waals surface area contributed by atoms with E-state index >= 15 is 0 Å². The predicted octanol–water partition coefficient (Wildman–Crippen LogP) is 1.11. The van der Waals surface area contributed by atoms with Gasteiger partial charge in [-0.2, -0.15) is 0 Å². The Balaban J connectivity index is 2.20. The summed E-state index contributed by atoms with van der Waals surface area (Å²) in [6.07, 6.45) is 1.78. The number of aliphatic hydroxyl groups excluding tert-OH is 1. The second-order valence-electron chi connectivity index (χ2n) is 4.07. The Kier molecular flexibility index (Phi) is 3.23. The first kappa shape index (κ1) is 10.5. The molecule has 3 heteroatoms. The number of β-amino-alcohol motifs (C(OH)–C–C–N with tert-alkyl or cyclic N) is 1. The molecule has 0 amide bonds. The highest BCUT2D eigenvalue weighted by atomic mass is 16.3. The zero-order chi connectivity index (χ0) is 10.7. The van der Waals surface area contributed by atoms with Gasteiger partial charge in [0.05, 0.1) is 6.10 Å². The average molecular weight is 206 g/mol. The highest BCUT2D eigenvalue weighted by molar-refractivity contribution is 5.54. The Morgan fingerprint density at radius 2 is 2.20 bits per heavy atom. The summed E-state index contributed by atoms with van der Waals surface area (Å²) >= 11 is 0. The number of rotatable bonds is 2. The number of hydrogen-bond acceptors (Lipinski definition) is 3. The SMILES string of the molecule is NCc1ccccc1N1CCCC(O)C1. The summed E-state index contributed by atoms with van der Waals surface area (Å²) in [5.41, 5.74) is 8.04. The molecule has 0 radical (unpaired) electrons. The molecule has 1 heterocycles. The molecule has 1 atom stereocenters. The van der Waals surface area contributed by atoms with Gasteiger partial charge in [-0.25, -0.2) is 0 Å². The minimum Gasteiger partial charge on any atom is -0.391 e. The third kappa shape index (κ3) is 2.30. The van der Waals surface area contributed by atoms with E-state index < -0.39 is 0 Å². The van der Waals surface area contributed by atoms with E-state index in [-0.39, 0.29) is 6.10 Å². The van der Waals surface area contributed by atoms with Crippen molar-refractivity contribution in [2.24, 2.45) is 5.73 Å². The summed E-state index contributed by atoms with van der Waals surface area (Å²) in [5.74, 6) is 0. The van der Waals surface area contributed by atoms with Crippen molar-refractivity contribution in [3.8, 4) is 0 Å². The van der Waals surface area contributed by atoms with Crippen molar-refractivity contribution >= 4 is 5.69 Å². The second-order valence-corrected chi connectivity index (χ2v) is 4.07. The lowest BCUT2D eigenvalue weighted by atomic mass is 10.1. The van der Waals surface area contributed by atoms with Crippen LogP contribution in [0.1, 0.15) is 18.4 Å². The smallest absolute Gasteiger partial charge is 0.0715 e. The van der Waals surface area contributed by atoms with Gasteiger partial charge in [0.1, 0.15) is 0 Å². The molecule has 1 saturated heterocycles. The van der Waals surface area contributed by atoms with Gasteiger partial charge in [0.25, 0.3) is 0 Å². The van der Waals surface area contributed by atoms with Gasteiger partial charge < -0.3 is 15.7 Å². The van der Waals surface area contributed by atoms with Crippen LogP contribution in [0.2, 0.25) is 0 Å². The summed E-state index contributed by atoms with van der Waals surface area (Å²) in [6.45, 7) is 2.31. The van der Waals surface area contributed by atoms with Crippen LogP contribution in [0.4, 0.5) is 5.69 Å². The van der Waals surface area contributed by atoms with Gasteiger partial charge in [0.2, 0.25) is 0 Å². The topological polar surface area (TPSA) is 49.5 Å². The highest BCUT2D eigenvalue weighted by Gasteiger charge is 2.19. The van der Waals surface area contributed by atoms with Gasteiger partial charge in [-0.05, 0) is 24.5 Å². The molecule has 1 aliphatic rings. The molecule has 3 N–H and O–H groups in total. The normalized spacial score (nSPS) is 21.7. The lowest BCUT2D eigenvalue weighted by Crippen LogP contribution is -2.38. The molecule has 1 aliphatic heterocycles. The Morgan fingerprint density at radius 3 is 2.93 bits per heavy atom. The van der Waals surface area contributed by atoms with Crippen LogP contribution >= 0.6 is 0 Å². The van der Waals surface area contributed by atoms with Gasteiger partial charge in [0, 0.05) is 25.3 Å². The summed E-state index contributed by atoms with van der Waals surface area (Å²) in [7, 11) is 0. The first-order valence-corrected chi connectivity index (χ1v) is 5.52. The van der Waals surface area contributed by atoms with Crippen LogP contribution in [0.5, 0.6) is 0 Å². The second kappa shape index (κ2) is 4.64. The molecule has 15 heavy (non-hydrogen) atoms. The number of benzene rings is 1. The van der Waals surface area contributed by atoms with Crippen molar-refractivity contribution in [3.63, 3.8) is 0 Å². The van der Waals surface area contributed by atoms with Gasteiger partial charge in [-0.15, -0.1) is 0 Å². The third-order valence-corrected chi connectivity index (χ3v) is 2.95. The Morgan fingerprint density at radius 1 is 1.40 bits per heavy atom. The van der Waals surface area contributed by atoms with Crippen molar-refractivity contribution in [3.05, 3.63) is 29.8 Å². The molecule has 1 fully saturated rings. The van der Waals surface area contributed by atoms with E-state index in [2.05, 4.69) is 17.0 Å². The maximum absolute atomic E-state index is 9.63. The minimum absolute atomic E-state index is 0.190. The van der Waals surface area contributed by atoms with Crippen LogP contribution in [0, 0.1) is 0 Å². The molecule has 1 unspecified atom stereocenters. The van der Waals surface area contributed by atoms with E-state index in [1.807, 2.05) is 12.1 Å². The Hall–Kier alpha value is -1.06. The van der Waals surface area contributed by atoms with Crippen LogP contribution in [0.25, 0.3) is 0 Å². The third-order valence-electron chi connectivity index (χ3n) is 2.95. The Labute approximate surface area is 90.5 Å². The summed E-state index contributed by atoms with van der Waals surface area (Å²) in [5, 5.41) is 9.63. The number of para-hydroxylation sites is 1. The monoisotopic (exact) mass is 206 g/mol. The van der Waals surface area contributed by atoms with Crippen LogP contribution in [0.3, 0.4) is 0 Å². The molecular weight excluding hydrogens is 188 g/mol. The summed E-state index contributed by atoms with van der Waals surface area (Å²) < 4.78 is 0. The molecule has 1 aromatic carbocycles. The lowest BCUT2D eigenvalue weighted by Gasteiger charge is -2.33. The van der Waals surface area contributed by atoms with Gasteiger partial charge in [-0.1, -0.05) is 18.2 Å². The minimum atomic E-state index is -0.190. The zero-order valence-corrected chi connectivity index (χ0v) is 8.89. The van der Waals surface area contributed by atoms with Crippen molar-refractivity contribution in [1.82, 2.24) is 0 Å². The molecule has 3 nitrogen and oxygen atoms in total. The van der Waals surface area contributed by atoms with E-state index in [1.54, 1.807) is 0 Å². The summed E-state index contributed by atoms with van der Waals surface area (Å²) in [4.78, 5) is 2.23. The van der Waals surface area contributed by atoms with E-state index in [0.717, 1.165) is 31.5 Å². The van der Waals surface area contributed by atoms with Crippen molar-refractivity contribution in [2.45, 2.75) is 25.5 Å². The molecule has 0 saturated carbocycles. The standard InChI is InChI=1S/C12H18N2O/c13-8-10-4-1-2-6-12(10)14-7-3-5-11(15)9-14/h1-2,4,6,11,15H,3,5,7-9,13H2. The molecule has 2 rings (SSSR count). The fraction of sp³-hybridized carbons (Fsp3) is 0.500. The maximum atomic E-state index is 9.63. The van der Waals surface area contributed by atoms with Crippen molar-refractivity contribution < 1.29 is 5.11 Å². The summed E-state index contributed by atoms with van der Waals surface area (Å²) in [6, 6.07) is 8.16. The van der Waals surface area contributed by atoms with Crippen LogP contribution in [-0.2, 0) is 6.54 Å². The Bertz CT molecular complexity index is 327.